The van der Waals surface area contributed by atoms with Crippen molar-refractivity contribution in [2.75, 3.05) is 46.0 Å². The van der Waals surface area contributed by atoms with E-state index < -0.39 is 0 Å². The standard InChI is InChI=1S/C24H40N4O2.HI/c1-5-25-24(26-15-19(3)28-12-14-29-17-20(28)4)27-16-22-7-6-13-30-23(22)21-10-8-18(2)9-11-21;/h8-11,19-20,22-23H,5-7,12-17H2,1-4H3,(H2,25,26,27);1H. The Labute approximate surface area is 205 Å². The van der Waals surface area contributed by atoms with Gasteiger partial charge < -0.3 is 20.1 Å². The van der Waals surface area contributed by atoms with E-state index in [9.17, 15) is 0 Å². The highest BCUT2D eigenvalue weighted by molar-refractivity contribution is 14.0. The summed E-state index contributed by atoms with van der Waals surface area (Å²) in [4.78, 5) is 7.39. The molecule has 4 unspecified atom stereocenters. The molecule has 2 N–H and O–H groups in total. The van der Waals surface area contributed by atoms with Gasteiger partial charge in [0.1, 0.15) is 0 Å². The maximum absolute atomic E-state index is 6.18. The van der Waals surface area contributed by atoms with Crippen molar-refractivity contribution in [1.82, 2.24) is 15.5 Å². The van der Waals surface area contributed by atoms with E-state index in [0.29, 0.717) is 18.0 Å². The van der Waals surface area contributed by atoms with Gasteiger partial charge in [-0.1, -0.05) is 29.8 Å². The molecule has 2 aliphatic rings. The Morgan fingerprint density at radius 1 is 1.23 bits per heavy atom. The lowest BCUT2D eigenvalue weighted by Gasteiger charge is -2.37. The summed E-state index contributed by atoms with van der Waals surface area (Å²) in [5.74, 6) is 1.35. The van der Waals surface area contributed by atoms with Gasteiger partial charge in [0, 0.05) is 44.2 Å². The van der Waals surface area contributed by atoms with Crippen LogP contribution in [0.2, 0.25) is 0 Å². The van der Waals surface area contributed by atoms with Crippen LogP contribution in [0.25, 0.3) is 0 Å². The molecule has 7 heteroatoms. The van der Waals surface area contributed by atoms with E-state index in [0.717, 1.165) is 58.4 Å². The van der Waals surface area contributed by atoms with Gasteiger partial charge in [-0.25, -0.2) is 0 Å². The number of morpholine rings is 1. The minimum absolute atomic E-state index is 0. The first-order chi connectivity index (χ1) is 14.6. The van der Waals surface area contributed by atoms with E-state index in [1.54, 1.807) is 0 Å². The van der Waals surface area contributed by atoms with Crippen molar-refractivity contribution in [2.45, 2.75) is 58.7 Å². The fourth-order valence-electron chi connectivity index (χ4n) is 4.47. The first kappa shape index (κ1) is 26.4. The van der Waals surface area contributed by atoms with E-state index in [-0.39, 0.29) is 30.1 Å². The molecule has 3 rings (SSSR count). The topological polar surface area (TPSA) is 58.1 Å². The van der Waals surface area contributed by atoms with Gasteiger partial charge in [0.25, 0.3) is 0 Å². The van der Waals surface area contributed by atoms with Crippen LogP contribution in [-0.2, 0) is 9.47 Å². The van der Waals surface area contributed by atoms with Crippen molar-refractivity contribution < 1.29 is 9.47 Å². The third-order valence-corrected chi connectivity index (χ3v) is 6.23. The molecule has 31 heavy (non-hydrogen) atoms. The fourth-order valence-corrected chi connectivity index (χ4v) is 4.47. The predicted molar refractivity (Wildman–Crippen MR) is 138 cm³/mol. The fraction of sp³-hybridized carbons (Fsp3) is 0.708. The van der Waals surface area contributed by atoms with Crippen LogP contribution in [0.5, 0.6) is 0 Å². The highest BCUT2D eigenvalue weighted by atomic mass is 127. The molecule has 0 amide bonds. The molecule has 0 aliphatic carbocycles. The number of hydrogen-bond donors (Lipinski definition) is 2. The highest BCUT2D eigenvalue weighted by Crippen LogP contribution is 2.33. The number of hydrogen-bond acceptors (Lipinski definition) is 4. The first-order valence-electron chi connectivity index (χ1n) is 11.6. The SMILES string of the molecule is CCNC(=NCC(C)N1CCOCC1C)NCC1CCCOC1c1ccc(C)cc1.I. The minimum atomic E-state index is 0. The first-order valence-corrected chi connectivity index (χ1v) is 11.6. The van der Waals surface area contributed by atoms with Gasteiger partial charge in [-0.05, 0) is 46.1 Å². The summed E-state index contributed by atoms with van der Waals surface area (Å²) >= 11 is 0. The Morgan fingerprint density at radius 3 is 2.71 bits per heavy atom. The molecular formula is C24H41IN4O2. The van der Waals surface area contributed by atoms with Gasteiger partial charge in [0.2, 0.25) is 0 Å². The summed E-state index contributed by atoms with van der Waals surface area (Å²) in [6.07, 6.45) is 2.45. The van der Waals surface area contributed by atoms with Gasteiger partial charge in [-0.15, -0.1) is 24.0 Å². The Balaban J connectivity index is 0.00000341. The van der Waals surface area contributed by atoms with Gasteiger partial charge in [0.05, 0.1) is 25.9 Å². The summed E-state index contributed by atoms with van der Waals surface area (Å²) in [7, 11) is 0. The lowest BCUT2D eigenvalue weighted by atomic mass is 9.89. The number of nitrogens with one attached hydrogen (secondary N) is 2. The molecule has 1 aromatic rings. The number of aryl methyl sites for hydroxylation is 1. The number of guanidine groups is 1. The third-order valence-electron chi connectivity index (χ3n) is 6.23. The number of halogens is 1. The lowest BCUT2D eigenvalue weighted by Crippen LogP contribution is -2.50. The van der Waals surface area contributed by atoms with Crippen LogP contribution in [-0.4, -0.2) is 68.9 Å². The Bertz CT molecular complexity index is 670. The average molecular weight is 545 g/mol. The molecule has 0 radical (unpaired) electrons. The Morgan fingerprint density at radius 2 is 2.00 bits per heavy atom. The van der Waals surface area contributed by atoms with Crippen molar-refractivity contribution in [3.05, 3.63) is 35.4 Å². The molecule has 6 nitrogen and oxygen atoms in total. The zero-order valence-corrected chi connectivity index (χ0v) is 21.9. The normalized spacial score (nSPS) is 26.1. The quantitative estimate of drug-likeness (QED) is 0.311. The van der Waals surface area contributed by atoms with E-state index in [4.69, 9.17) is 14.5 Å². The average Bonchev–Trinajstić information content (AvgIpc) is 2.76. The number of rotatable bonds is 7. The van der Waals surface area contributed by atoms with Crippen LogP contribution in [0.15, 0.2) is 29.3 Å². The van der Waals surface area contributed by atoms with Gasteiger partial charge >= 0.3 is 0 Å². The van der Waals surface area contributed by atoms with Crippen LogP contribution in [0, 0.1) is 12.8 Å². The largest absolute Gasteiger partial charge is 0.379 e. The van der Waals surface area contributed by atoms with Crippen LogP contribution in [0.1, 0.15) is 50.8 Å². The van der Waals surface area contributed by atoms with E-state index in [1.165, 1.54) is 17.5 Å². The maximum Gasteiger partial charge on any atom is 0.191 e. The Hall–Kier alpha value is -0.900. The minimum Gasteiger partial charge on any atom is -0.379 e. The molecule has 0 saturated carbocycles. The van der Waals surface area contributed by atoms with E-state index in [2.05, 4.69) is 67.5 Å². The van der Waals surface area contributed by atoms with Crippen LogP contribution >= 0.6 is 24.0 Å². The second-order valence-electron chi connectivity index (χ2n) is 8.72. The molecular weight excluding hydrogens is 503 g/mol. The second kappa shape index (κ2) is 13.6. The van der Waals surface area contributed by atoms with Crippen LogP contribution < -0.4 is 10.6 Å². The van der Waals surface area contributed by atoms with Crippen molar-refractivity contribution in [3.8, 4) is 0 Å². The van der Waals surface area contributed by atoms with Gasteiger partial charge in [-0.3, -0.25) is 9.89 Å². The molecule has 1 aromatic carbocycles. The van der Waals surface area contributed by atoms with Gasteiger partial charge in [-0.2, -0.15) is 0 Å². The number of ether oxygens (including phenoxy) is 2. The third kappa shape index (κ3) is 7.87. The molecule has 176 valence electrons. The molecule has 4 atom stereocenters. The molecule has 2 heterocycles. The van der Waals surface area contributed by atoms with Crippen molar-refractivity contribution in [3.63, 3.8) is 0 Å². The summed E-state index contributed by atoms with van der Waals surface area (Å²) in [6.45, 7) is 14.7. The number of benzene rings is 1. The second-order valence-corrected chi connectivity index (χ2v) is 8.72. The van der Waals surface area contributed by atoms with Crippen LogP contribution in [0.3, 0.4) is 0 Å². The van der Waals surface area contributed by atoms with E-state index in [1.807, 2.05) is 0 Å². The summed E-state index contributed by atoms with van der Waals surface area (Å²) < 4.78 is 11.8. The monoisotopic (exact) mass is 544 g/mol. The summed E-state index contributed by atoms with van der Waals surface area (Å²) in [5.41, 5.74) is 2.57. The number of nitrogens with zero attached hydrogens (tertiary/aromatic N) is 2. The molecule has 2 aliphatic heterocycles. The van der Waals surface area contributed by atoms with Crippen molar-refractivity contribution in [1.29, 1.82) is 0 Å². The molecule has 2 saturated heterocycles. The molecule has 0 spiro atoms. The zero-order chi connectivity index (χ0) is 21.3. The number of aliphatic imine (C=N–C) groups is 1. The lowest BCUT2D eigenvalue weighted by molar-refractivity contribution is -0.0265. The Kier molecular flexibility index (Phi) is 11.6. The summed E-state index contributed by atoms with van der Waals surface area (Å²) in [6, 6.07) is 9.63. The maximum atomic E-state index is 6.18. The van der Waals surface area contributed by atoms with Crippen molar-refractivity contribution >= 4 is 29.9 Å². The smallest absolute Gasteiger partial charge is 0.191 e. The van der Waals surface area contributed by atoms with Gasteiger partial charge in [0.15, 0.2) is 5.96 Å². The molecule has 2 fully saturated rings. The highest BCUT2D eigenvalue weighted by Gasteiger charge is 2.28. The van der Waals surface area contributed by atoms with Crippen molar-refractivity contribution in [2.24, 2.45) is 10.9 Å². The molecule has 0 aromatic heterocycles. The summed E-state index contributed by atoms with van der Waals surface area (Å²) in [5, 5.41) is 7.00. The predicted octanol–water partition coefficient (Wildman–Crippen LogP) is 3.75. The van der Waals surface area contributed by atoms with Crippen LogP contribution in [0.4, 0.5) is 0 Å². The van der Waals surface area contributed by atoms with E-state index >= 15 is 0 Å². The molecule has 0 bridgehead atoms. The zero-order valence-electron chi connectivity index (χ0n) is 19.6.